The van der Waals surface area contributed by atoms with Crippen LogP contribution in [0, 0.1) is 0 Å². The summed E-state index contributed by atoms with van der Waals surface area (Å²) in [6, 6.07) is 30.7. The van der Waals surface area contributed by atoms with Gasteiger partial charge in [0.05, 0.1) is 18.3 Å². The monoisotopic (exact) mass is 527 g/mol. The Balaban J connectivity index is 1.66. The molecule has 5 nitrogen and oxygen atoms in total. The molecule has 37 heavy (non-hydrogen) atoms. The molecule has 2 atom stereocenters. The lowest BCUT2D eigenvalue weighted by molar-refractivity contribution is 0.0525. The van der Waals surface area contributed by atoms with Gasteiger partial charge in [-0.2, -0.15) is 9.98 Å². The van der Waals surface area contributed by atoms with Crippen LogP contribution in [0.3, 0.4) is 0 Å². The lowest BCUT2D eigenvalue weighted by Gasteiger charge is -2.40. The first-order valence-corrected chi connectivity index (χ1v) is 13.3. The normalized spacial score (nSPS) is 16.9. The van der Waals surface area contributed by atoms with Crippen LogP contribution in [0.5, 0.6) is 0 Å². The molecule has 2 unspecified atom stereocenters. The Morgan fingerprint density at radius 3 is 2.30 bits per heavy atom. The standard InChI is InChI=1S/C30H26ClN3O2S/c1-3-36-30(35)26-24-18-25(20-10-6-4-7-11-20)34(2)27(21-12-8-5-9-13-21)28(24)37-29(26)33-19-32-23-16-14-22(31)15-17-23/h4-17,25,27H,3,18H2,1-2H3. The molecule has 4 aromatic rings. The summed E-state index contributed by atoms with van der Waals surface area (Å²) in [4.78, 5) is 25.6. The van der Waals surface area contributed by atoms with E-state index in [0.29, 0.717) is 27.7 Å². The van der Waals surface area contributed by atoms with Crippen molar-refractivity contribution in [2.45, 2.75) is 25.4 Å². The average molecular weight is 528 g/mol. The van der Waals surface area contributed by atoms with Gasteiger partial charge in [0.25, 0.3) is 0 Å². The van der Waals surface area contributed by atoms with Crippen LogP contribution in [-0.2, 0) is 11.2 Å². The van der Waals surface area contributed by atoms with E-state index in [1.54, 1.807) is 24.3 Å². The van der Waals surface area contributed by atoms with Crippen LogP contribution < -0.4 is 0 Å². The minimum atomic E-state index is -0.366. The van der Waals surface area contributed by atoms with E-state index in [2.05, 4.69) is 64.3 Å². The van der Waals surface area contributed by atoms with Crippen molar-refractivity contribution >= 4 is 45.6 Å². The van der Waals surface area contributed by atoms with Crippen LogP contribution in [-0.4, -0.2) is 30.5 Å². The third-order valence-electron chi connectivity index (χ3n) is 6.50. The van der Waals surface area contributed by atoms with Gasteiger partial charge in [0.15, 0.2) is 0 Å². The van der Waals surface area contributed by atoms with Crippen molar-refractivity contribution in [2.24, 2.45) is 9.98 Å². The Kier molecular flexibility index (Phi) is 7.63. The van der Waals surface area contributed by atoms with Crippen molar-refractivity contribution in [1.29, 1.82) is 0 Å². The number of benzene rings is 3. The molecule has 0 fully saturated rings. The largest absolute Gasteiger partial charge is 0.462 e. The molecule has 0 radical (unpaired) electrons. The lowest BCUT2D eigenvalue weighted by Crippen LogP contribution is -2.35. The van der Waals surface area contributed by atoms with E-state index in [1.807, 2.05) is 31.2 Å². The molecule has 0 aliphatic carbocycles. The number of ether oxygens (including phenoxy) is 1. The number of esters is 1. The van der Waals surface area contributed by atoms with Crippen molar-refractivity contribution in [3.05, 3.63) is 117 Å². The van der Waals surface area contributed by atoms with Crippen molar-refractivity contribution in [3.8, 4) is 0 Å². The number of fused-ring (bicyclic) bond motifs is 1. The van der Waals surface area contributed by atoms with Crippen LogP contribution in [0.1, 0.15) is 50.9 Å². The second-order valence-electron chi connectivity index (χ2n) is 8.75. The van der Waals surface area contributed by atoms with Gasteiger partial charge in [0.1, 0.15) is 16.6 Å². The average Bonchev–Trinajstić information content (AvgIpc) is 3.28. The molecule has 7 heteroatoms. The maximum Gasteiger partial charge on any atom is 0.341 e. The van der Waals surface area contributed by atoms with Gasteiger partial charge >= 0.3 is 5.97 Å². The first-order valence-electron chi connectivity index (χ1n) is 12.1. The third kappa shape index (κ3) is 5.29. The zero-order chi connectivity index (χ0) is 25.8. The highest BCUT2D eigenvalue weighted by Crippen LogP contribution is 2.50. The number of halogens is 1. The van der Waals surface area contributed by atoms with Crippen LogP contribution in [0.2, 0.25) is 5.02 Å². The summed E-state index contributed by atoms with van der Waals surface area (Å²) in [5.41, 5.74) is 4.53. The van der Waals surface area contributed by atoms with E-state index in [-0.39, 0.29) is 24.7 Å². The molecule has 0 spiro atoms. The molecule has 3 aromatic carbocycles. The third-order valence-corrected chi connectivity index (χ3v) is 7.93. The van der Waals surface area contributed by atoms with E-state index in [9.17, 15) is 4.79 Å². The number of carbonyl (C=O) groups is 1. The maximum absolute atomic E-state index is 13.3. The van der Waals surface area contributed by atoms with Gasteiger partial charge in [-0.15, -0.1) is 11.3 Å². The molecular formula is C30H26ClN3O2S. The van der Waals surface area contributed by atoms with E-state index in [4.69, 9.17) is 16.3 Å². The number of aliphatic imine (C=N–C) groups is 2. The van der Waals surface area contributed by atoms with E-state index in [1.165, 1.54) is 16.9 Å². The molecule has 5 rings (SSSR count). The second kappa shape index (κ2) is 11.2. The van der Waals surface area contributed by atoms with Gasteiger partial charge in [-0.1, -0.05) is 72.3 Å². The summed E-state index contributed by atoms with van der Waals surface area (Å²) in [5, 5.41) is 1.19. The molecule has 0 amide bonds. The molecule has 0 bridgehead atoms. The number of hydrogen-bond donors (Lipinski definition) is 0. The minimum absolute atomic E-state index is 0.0366. The smallest absolute Gasteiger partial charge is 0.341 e. The fraction of sp³-hybridized carbons (Fsp3) is 0.200. The highest BCUT2D eigenvalue weighted by molar-refractivity contribution is 7.16. The van der Waals surface area contributed by atoms with Crippen LogP contribution in [0.15, 0.2) is 94.9 Å². The zero-order valence-electron chi connectivity index (χ0n) is 20.6. The molecule has 2 heterocycles. The van der Waals surface area contributed by atoms with E-state index >= 15 is 0 Å². The summed E-state index contributed by atoms with van der Waals surface area (Å²) in [6.07, 6.45) is 0.674. The van der Waals surface area contributed by atoms with Gasteiger partial charge in [-0.3, -0.25) is 4.90 Å². The Hall–Kier alpha value is -3.54. The van der Waals surface area contributed by atoms with Gasteiger partial charge in [0, 0.05) is 15.9 Å². The second-order valence-corrected chi connectivity index (χ2v) is 10.2. The number of likely N-dealkylation sites (N-methyl/N-ethyl adjacent to an activating group) is 1. The van der Waals surface area contributed by atoms with Gasteiger partial charge in [0.2, 0.25) is 0 Å². The number of thiophene rings is 1. The maximum atomic E-state index is 13.3. The van der Waals surface area contributed by atoms with Gasteiger partial charge < -0.3 is 4.74 Å². The highest BCUT2D eigenvalue weighted by Gasteiger charge is 2.39. The number of hydrogen-bond acceptors (Lipinski definition) is 6. The van der Waals surface area contributed by atoms with Crippen LogP contribution in [0.4, 0.5) is 10.7 Å². The SMILES string of the molecule is CCOC(=O)c1c(N=C=Nc2ccc(Cl)cc2)sc2c1CC(c1ccccc1)N(C)C2c1ccccc1. The topological polar surface area (TPSA) is 54.3 Å². The minimum Gasteiger partial charge on any atom is -0.462 e. The van der Waals surface area contributed by atoms with Crippen molar-refractivity contribution < 1.29 is 9.53 Å². The van der Waals surface area contributed by atoms with Gasteiger partial charge in [-0.05, 0) is 61.3 Å². The first-order chi connectivity index (χ1) is 18.1. The van der Waals surface area contributed by atoms with Crippen LogP contribution >= 0.6 is 22.9 Å². The molecule has 0 saturated heterocycles. The summed E-state index contributed by atoms with van der Waals surface area (Å²) in [5.74, 6) is -0.366. The number of nitrogens with zero attached hydrogens (tertiary/aromatic N) is 3. The predicted octanol–water partition coefficient (Wildman–Crippen LogP) is 8.03. The molecule has 0 N–H and O–H groups in total. The summed E-state index contributed by atoms with van der Waals surface area (Å²) in [6.45, 7) is 2.10. The Bertz CT molecular complexity index is 1450. The first kappa shape index (κ1) is 25.1. The Morgan fingerprint density at radius 2 is 1.65 bits per heavy atom. The fourth-order valence-electron chi connectivity index (χ4n) is 4.78. The summed E-state index contributed by atoms with van der Waals surface area (Å²) < 4.78 is 5.50. The van der Waals surface area contributed by atoms with Crippen molar-refractivity contribution in [1.82, 2.24) is 4.90 Å². The molecule has 186 valence electrons. The zero-order valence-corrected chi connectivity index (χ0v) is 22.2. The predicted molar refractivity (Wildman–Crippen MR) is 150 cm³/mol. The van der Waals surface area contributed by atoms with Crippen molar-refractivity contribution in [3.63, 3.8) is 0 Å². The number of carbonyl (C=O) groups excluding carboxylic acids is 1. The van der Waals surface area contributed by atoms with Crippen molar-refractivity contribution in [2.75, 3.05) is 13.7 Å². The summed E-state index contributed by atoms with van der Waals surface area (Å²) >= 11 is 7.48. The summed E-state index contributed by atoms with van der Waals surface area (Å²) in [7, 11) is 2.15. The molecule has 0 saturated carbocycles. The van der Waals surface area contributed by atoms with E-state index < -0.39 is 0 Å². The molecule has 1 aliphatic heterocycles. The molecule has 1 aliphatic rings. The van der Waals surface area contributed by atoms with Crippen LogP contribution in [0.25, 0.3) is 0 Å². The lowest BCUT2D eigenvalue weighted by atomic mass is 9.86. The molecular weight excluding hydrogens is 502 g/mol. The van der Waals surface area contributed by atoms with E-state index in [0.717, 1.165) is 16.0 Å². The quantitative estimate of drug-likeness (QED) is 0.188. The highest BCUT2D eigenvalue weighted by atomic mass is 35.5. The Morgan fingerprint density at radius 1 is 1.00 bits per heavy atom. The Labute approximate surface area is 225 Å². The fourth-order valence-corrected chi connectivity index (χ4v) is 6.23. The van der Waals surface area contributed by atoms with Gasteiger partial charge in [-0.25, -0.2) is 4.79 Å². The molecule has 1 aromatic heterocycles. The number of rotatable bonds is 6.